The standard InChI is InChI=1S/C16H21N3O4.C11H11FN2O4.C5H11N/c20-16(18-8-10-23-11-9-18)13-4-5-14(19(21)22)15(12-13)17-6-2-1-3-7-17;12-9-7-8(1-2-10(9)14(16)17)11(15)13-3-5-18-6-4-13;1-2-4-6-5-3-1/h4-5,12H,1-3,6-11H2;1-2,7H,3-6H2;6H,1-5H2. The molecule has 47 heavy (non-hydrogen) atoms. The second-order valence-electron chi connectivity index (χ2n) is 11.6. The molecule has 2 aromatic rings. The average Bonchev–Trinajstić information content (AvgIpc) is 3.13. The minimum absolute atomic E-state index is 0.0745. The predicted octanol–water partition coefficient (Wildman–Crippen LogP) is 4.02. The minimum atomic E-state index is -1.00. The number of halogens is 1. The zero-order valence-corrected chi connectivity index (χ0v) is 26.6. The number of piperidine rings is 2. The lowest BCUT2D eigenvalue weighted by molar-refractivity contribution is -0.387. The van der Waals surface area contributed by atoms with Gasteiger partial charge in [0.25, 0.3) is 17.5 Å². The van der Waals surface area contributed by atoms with Gasteiger partial charge >= 0.3 is 5.69 Å². The normalized spacial score (nSPS) is 18.2. The zero-order valence-electron chi connectivity index (χ0n) is 26.6. The SMILES string of the molecule is C1CCNCC1.O=C(c1ccc([N+](=O)[O-])c(F)c1)N1CCOCC1.O=C(c1ccc([N+](=O)[O-])c(N2CCCCC2)c1)N1CCOCC1. The van der Waals surface area contributed by atoms with E-state index in [0.29, 0.717) is 63.9 Å². The Kier molecular flexibility index (Phi) is 13.8. The fourth-order valence-electron chi connectivity index (χ4n) is 5.69. The van der Waals surface area contributed by atoms with E-state index in [1.165, 1.54) is 49.4 Å². The third-order valence-corrected chi connectivity index (χ3v) is 8.31. The maximum Gasteiger partial charge on any atom is 0.304 e. The number of nitrogens with zero attached hydrogens (tertiary/aromatic N) is 5. The minimum Gasteiger partial charge on any atom is -0.378 e. The number of ether oxygens (including phenoxy) is 2. The molecule has 0 bridgehead atoms. The van der Waals surface area contributed by atoms with Crippen molar-refractivity contribution in [3.8, 4) is 0 Å². The number of carbonyl (C=O) groups is 2. The third-order valence-electron chi connectivity index (χ3n) is 8.31. The molecular weight excluding hydrogens is 615 g/mol. The molecule has 0 spiro atoms. The monoisotopic (exact) mass is 658 g/mol. The molecular formula is C32H43FN6O8. The molecule has 0 atom stereocenters. The molecule has 256 valence electrons. The first-order valence-electron chi connectivity index (χ1n) is 16.2. The summed E-state index contributed by atoms with van der Waals surface area (Å²) >= 11 is 0. The van der Waals surface area contributed by atoms with E-state index in [1.807, 2.05) is 4.90 Å². The number of morpholine rings is 2. The Morgan fingerprint density at radius 3 is 1.55 bits per heavy atom. The van der Waals surface area contributed by atoms with Crippen LogP contribution < -0.4 is 10.2 Å². The van der Waals surface area contributed by atoms with Crippen LogP contribution in [0.3, 0.4) is 0 Å². The number of nitro benzene ring substituents is 2. The van der Waals surface area contributed by atoms with Crippen molar-refractivity contribution >= 4 is 28.9 Å². The average molecular weight is 659 g/mol. The topological polar surface area (TPSA) is 161 Å². The van der Waals surface area contributed by atoms with Gasteiger partial charge in [-0.2, -0.15) is 4.39 Å². The number of nitro groups is 2. The second kappa shape index (κ2) is 18.2. The van der Waals surface area contributed by atoms with Gasteiger partial charge in [0.15, 0.2) is 0 Å². The van der Waals surface area contributed by atoms with Gasteiger partial charge in [0.1, 0.15) is 5.69 Å². The van der Waals surface area contributed by atoms with Gasteiger partial charge in [0.05, 0.1) is 36.3 Å². The van der Waals surface area contributed by atoms with E-state index in [1.54, 1.807) is 17.0 Å². The molecule has 0 saturated carbocycles. The van der Waals surface area contributed by atoms with Crippen LogP contribution in [0, 0.1) is 26.0 Å². The number of benzene rings is 2. The highest BCUT2D eigenvalue weighted by Gasteiger charge is 2.26. The molecule has 0 radical (unpaired) electrons. The van der Waals surface area contributed by atoms with Crippen molar-refractivity contribution in [2.45, 2.75) is 38.5 Å². The lowest BCUT2D eigenvalue weighted by Gasteiger charge is -2.30. The fraction of sp³-hybridized carbons (Fsp3) is 0.562. The molecule has 14 nitrogen and oxygen atoms in total. The summed E-state index contributed by atoms with van der Waals surface area (Å²) in [5.41, 5.74) is 0.630. The zero-order chi connectivity index (χ0) is 33.6. The van der Waals surface area contributed by atoms with Crippen molar-refractivity contribution in [1.82, 2.24) is 15.1 Å². The molecule has 4 aliphatic heterocycles. The second-order valence-corrected chi connectivity index (χ2v) is 11.6. The summed E-state index contributed by atoms with van der Waals surface area (Å²) < 4.78 is 23.8. The van der Waals surface area contributed by atoms with E-state index in [2.05, 4.69) is 5.32 Å². The molecule has 4 aliphatic rings. The maximum atomic E-state index is 13.4. The summed E-state index contributed by atoms with van der Waals surface area (Å²) in [4.78, 5) is 50.4. The van der Waals surface area contributed by atoms with Gasteiger partial charge in [0, 0.05) is 62.5 Å². The van der Waals surface area contributed by atoms with Gasteiger partial charge in [-0.15, -0.1) is 0 Å². The molecule has 4 saturated heterocycles. The summed E-state index contributed by atoms with van der Waals surface area (Å²) in [5.74, 6) is -1.42. The van der Waals surface area contributed by atoms with Crippen LogP contribution in [-0.4, -0.2) is 110 Å². The molecule has 15 heteroatoms. The lowest BCUT2D eigenvalue weighted by Crippen LogP contribution is -2.40. The number of hydrogen-bond acceptors (Lipinski definition) is 10. The smallest absolute Gasteiger partial charge is 0.304 e. The van der Waals surface area contributed by atoms with Gasteiger partial charge in [-0.05, 0) is 69.5 Å². The number of nitrogens with one attached hydrogen (secondary N) is 1. The van der Waals surface area contributed by atoms with Gasteiger partial charge in [-0.3, -0.25) is 29.8 Å². The molecule has 0 unspecified atom stereocenters. The molecule has 0 aliphatic carbocycles. The van der Waals surface area contributed by atoms with E-state index in [4.69, 9.17) is 9.47 Å². The first-order chi connectivity index (χ1) is 22.8. The molecule has 1 N–H and O–H groups in total. The molecule has 4 heterocycles. The Balaban J connectivity index is 0.000000184. The van der Waals surface area contributed by atoms with Crippen LogP contribution in [0.5, 0.6) is 0 Å². The van der Waals surface area contributed by atoms with Crippen molar-refractivity contribution in [2.24, 2.45) is 0 Å². The van der Waals surface area contributed by atoms with Gasteiger partial charge in [-0.1, -0.05) is 6.42 Å². The van der Waals surface area contributed by atoms with Crippen LogP contribution in [0.4, 0.5) is 21.5 Å². The Morgan fingerprint density at radius 1 is 0.660 bits per heavy atom. The fourth-order valence-corrected chi connectivity index (χ4v) is 5.69. The van der Waals surface area contributed by atoms with Gasteiger partial charge in [-0.25, -0.2) is 0 Å². The van der Waals surface area contributed by atoms with Crippen LogP contribution in [-0.2, 0) is 9.47 Å². The summed E-state index contributed by atoms with van der Waals surface area (Å²) in [7, 11) is 0. The number of rotatable bonds is 5. The van der Waals surface area contributed by atoms with E-state index in [0.717, 1.165) is 44.5 Å². The summed E-state index contributed by atoms with van der Waals surface area (Å²) in [5, 5.41) is 25.1. The van der Waals surface area contributed by atoms with Gasteiger partial charge < -0.3 is 29.5 Å². The van der Waals surface area contributed by atoms with Crippen molar-refractivity contribution in [3.05, 3.63) is 73.6 Å². The molecule has 0 aromatic heterocycles. The van der Waals surface area contributed by atoms with Crippen molar-refractivity contribution in [1.29, 1.82) is 0 Å². The van der Waals surface area contributed by atoms with Crippen LogP contribution in [0.1, 0.15) is 59.2 Å². The predicted molar refractivity (Wildman–Crippen MR) is 172 cm³/mol. The Morgan fingerprint density at radius 2 is 1.13 bits per heavy atom. The molecule has 2 amide bonds. The highest BCUT2D eigenvalue weighted by atomic mass is 19.1. The first kappa shape index (κ1) is 35.6. The van der Waals surface area contributed by atoms with Crippen molar-refractivity contribution in [2.75, 3.05) is 83.7 Å². The van der Waals surface area contributed by atoms with E-state index in [-0.39, 0.29) is 28.0 Å². The van der Waals surface area contributed by atoms with Gasteiger partial charge in [0.2, 0.25) is 5.82 Å². The summed E-state index contributed by atoms with van der Waals surface area (Å²) in [6.07, 6.45) is 7.42. The number of hydrogen-bond donors (Lipinski definition) is 1. The Labute approximate surface area is 273 Å². The van der Waals surface area contributed by atoms with Crippen LogP contribution in [0.2, 0.25) is 0 Å². The molecule has 2 aromatic carbocycles. The van der Waals surface area contributed by atoms with Crippen LogP contribution >= 0.6 is 0 Å². The Bertz CT molecular complexity index is 1360. The van der Waals surface area contributed by atoms with Crippen molar-refractivity contribution in [3.63, 3.8) is 0 Å². The van der Waals surface area contributed by atoms with E-state index >= 15 is 0 Å². The summed E-state index contributed by atoms with van der Waals surface area (Å²) in [6, 6.07) is 7.86. The van der Waals surface area contributed by atoms with E-state index < -0.39 is 16.4 Å². The first-order valence-corrected chi connectivity index (χ1v) is 16.2. The highest BCUT2D eigenvalue weighted by molar-refractivity contribution is 5.96. The van der Waals surface area contributed by atoms with Crippen molar-refractivity contribution < 1.29 is 33.3 Å². The van der Waals surface area contributed by atoms with E-state index in [9.17, 15) is 34.2 Å². The maximum absolute atomic E-state index is 13.4. The number of carbonyl (C=O) groups excluding carboxylic acids is 2. The largest absolute Gasteiger partial charge is 0.378 e. The lowest BCUT2D eigenvalue weighted by atomic mass is 10.1. The number of anilines is 1. The molecule has 4 fully saturated rings. The third kappa shape index (κ3) is 10.4. The van der Waals surface area contributed by atoms with Crippen LogP contribution in [0.25, 0.3) is 0 Å². The molecule has 6 rings (SSSR count). The Hall–Kier alpha value is -4.21. The number of amides is 2. The summed E-state index contributed by atoms with van der Waals surface area (Å²) in [6.45, 7) is 8.09. The highest BCUT2D eigenvalue weighted by Crippen LogP contribution is 2.32. The van der Waals surface area contributed by atoms with Crippen LogP contribution in [0.15, 0.2) is 36.4 Å². The quantitative estimate of drug-likeness (QED) is 0.367.